The van der Waals surface area contributed by atoms with E-state index in [-0.39, 0.29) is 6.04 Å². The Morgan fingerprint density at radius 2 is 1.75 bits per heavy atom. The summed E-state index contributed by atoms with van der Waals surface area (Å²) in [5.74, 6) is 0. The lowest BCUT2D eigenvalue weighted by atomic mass is 10.1. The zero-order valence-corrected chi connectivity index (χ0v) is 10.9. The van der Waals surface area contributed by atoms with Crippen molar-refractivity contribution in [3.63, 3.8) is 0 Å². The first kappa shape index (κ1) is 10.5. The average Bonchev–Trinajstić information content (AvgIpc) is 2.05. The lowest BCUT2D eigenvalue weighted by Crippen LogP contribution is -1.92. The van der Waals surface area contributed by atoms with Crippen molar-refractivity contribution in [2.24, 2.45) is 0 Å². The van der Waals surface area contributed by atoms with Crippen LogP contribution in [0.3, 0.4) is 0 Å². The van der Waals surface area contributed by atoms with E-state index in [2.05, 4.69) is 60.9 Å². The van der Waals surface area contributed by atoms with Gasteiger partial charge in [0, 0.05) is 0 Å². The summed E-state index contributed by atoms with van der Waals surface area (Å²) < 4.78 is 0. The number of benzene rings is 1. The van der Waals surface area contributed by atoms with E-state index in [4.69, 9.17) is 0 Å². The molecule has 1 aromatic carbocycles. The smallest absolute Gasteiger partial charge is 0.112 e. The minimum atomic E-state index is -0.379. The Morgan fingerprint density at radius 1 is 1.08 bits per heavy atom. The minimum absolute atomic E-state index is 0.379. The van der Waals surface area contributed by atoms with E-state index in [1.807, 2.05) is 0 Å². The van der Waals surface area contributed by atoms with Gasteiger partial charge in [-0.2, -0.15) is 0 Å². The summed E-state index contributed by atoms with van der Waals surface area (Å²) in [6.07, 6.45) is 2.47. The van der Waals surface area contributed by atoms with Crippen molar-refractivity contribution in [2.45, 2.75) is 18.9 Å². The van der Waals surface area contributed by atoms with Crippen LogP contribution in [0.5, 0.6) is 0 Å². The highest BCUT2D eigenvalue weighted by Crippen LogP contribution is 2.13. The van der Waals surface area contributed by atoms with Crippen LogP contribution in [0.25, 0.3) is 0 Å². The van der Waals surface area contributed by atoms with E-state index in [0.29, 0.717) is 0 Å². The van der Waals surface area contributed by atoms with Gasteiger partial charge in [0.1, 0.15) is 0 Å². The van der Waals surface area contributed by atoms with E-state index in [9.17, 15) is 0 Å². The quantitative estimate of drug-likeness (QED) is 0.585. The van der Waals surface area contributed by atoms with Crippen molar-refractivity contribution in [2.75, 3.05) is 0 Å². The highest BCUT2D eigenvalue weighted by Gasteiger charge is 2.00. The van der Waals surface area contributed by atoms with Crippen LogP contribution in [0.2, 0.25) is 6.04 Å². The Hall–Kier alpha value is 0.397. The fourth-order valence-corrected chi connectivity index (χ4v) is 3.20. The molecule has 3 heteroatoms. The Kier molecular flexibility index (Phi) is 5.19. The van der Waals surface area contributed by atoms with Crippen LogP contribution >= 0.6 is 30.6 Å². The molecule has 0 saturated heterocycles. The van der Waals surface area contributed by atoms with Gasteiger partial charge in [-0.1, -0.05) is 36.8 Å². The lowest BCUT2D eigenvalue weighted by molar-refractivity contribution is 0.918. The fourth-order valence-electron chi connectivity index (χ4n) is 1.07. The second-order valence-electron chi connectivity index (χ2n) is 2.68. The predicted octanol–water partition coefficient (Wildman–Crippen LogP) is 3.90. The normalized spacial score (nSPS) is 10.6. The highest BCUT2D eigenvalue weighted by atomic mass is 79.9. The molecule has 65 valence electrons. The van der Waals surface area contributed by atoms with Crippen molar-refractivity contribution in [3.05, 3.63) is 35.9 Å². The molecule has 0 atom stereocenters. The standard InChI is InChI=1S/C9H11Br2Si/c10-12(11)8-4-7-9-5-2-1-3-6-9/h1-3,5-6H,4,7-8H2. The van der Waals surface area contributed by atoms with Crippen molar-refractivity contribution >= 4 is 36.6 Å². The van der Waals surface area contributed by atoms with Crippen LogP contribution in [0.4, 0.5) is 0 Å². The third-order valence-electron chi connectivity index (χ3n) is 1.67. The molecule has 0 aliphatic heterocycles. The molecule has 0 aliphatic rings. The van der Waals surface area contributed by atoms with Crippen LogP contribution in [-0.2, 0) is 6.42 Å². The molecule has 0 heterocycles. The van der Waals surface area contributed by atoms with Gasteiger partial charge in [-0.25, -0.2) is 0 Å². The summed E-state index contributed by atoms with van der Waals surface area (Å²) in [5.41, 5.74) is 1.45. The molecule has 0 nitrogen and oxygen atoms in total. The number of hydrogen-bond donors (Lipinski definition) is 0. The van der Waals surface area contributed by atoms with Crippen LogP contribution in [0.1, 0.15) is 12.0 Å². The summed E-state index contributed by atoms with van der Waals surface area (Å²) >= 11 is 7.13. The molecular weight excluding hydrogens is 296 g/mol. The van der Waals surface area contributed by atoms with E-state index in [0.717, 1.165) is 0 Å². The van der Waals surface area contributed by atoms with Crippen LogP contribution in [0.15, 0.2) is 30.3 Å². The predicted molar refractivity (Wildman–Crippen MR) is 63.2 cm³/mol. The average molecular weight is 307 g/mol. The molecule has 0 unspecified atom stereocenters. The summed E-state index contributed by atoms with van der Waals surface area (Å²) in [7, 11) is 0. The summed E-state index contributed by atoms with van der Waals surface area (Å²) in [6.45, 7) is 0. The third-order valence-corrected chi connectivity index (χ3v) is 4.78. The third kappa shape index (κ3) is 4.43. The second-order valence-corrected chi connectivity index (χ2v) is 12.8. The molecule has 0 fully saturated rings. The number of rotatable bonds is 4. The molecule has 1 radical (unpaired) electrons. The molecular formula is C9H11Br2Si. The molecule has 1 aromatic rings. The van der Waals surface area contributed by atoms with Gasteiger partial charge in [0.25, 0.3) is 0 Å². The van der Waals surface area contributed by atoms with Crippen molar-refractivity contribution in [3.8, 4) is 0 Å². The SMILES string of the molecule is Br[Si](Br)CCCc1ccccc1. The van der Waals surface area contributed by atoms with Crippen LogP contribution in [0, 0.1) is 0 Å². The molecule has 0 amide bonds. The van der Waals surface area contributed by atoms with Gasteiger partial charge in [-0.15, -0.1) is 30.6 Å². The van der Waals surface area contributed by atoms with Crippen molar-refractivity contribution in [1.29, 1.82) is 0 Å². The molecule has 0 spiro atoms. The van der Waals surface area contributed by atoms with Crippen LogP contribution < -0.4 is 0 Å². The number of hydrogen-bond acceptors (Lipinski definition) is 0. The van der Waals surface area contributed by atoms with Gasteiger partial charge >= 0.3 is 0 Å². The maximum Gasteiger partial charge on any atom is 0.216 e. The molecule has 1 rings (SSSR count). The van der Waals surface area contributed by atoms with E-state index < -0.39 is 0 Å². The maximum absolute atomic E-state index is 3.57. The van der Waals surface area contributed by atoms with Gasteiger partial charge in [-0.05, 0) is 18.0 Å². The molecule has 0 bridgehead atoms. The Labute approximate surface area is 91.1 Å². The van der Waals surface area contributed by atoms with Crippen molar-refractivity contribution in [1.82, 2.24) is 0 Å². The zero-order valence-electron chi connectivity index (χ0n) is 6.76. The van der Waals surface area contributed by atoms with Gasteiger partial charge in [0.15, 0.2) is 0 Å². The number of halogens is 2. The molecule has 0 N–H and O–H groups in total. The van der Waals surface area contributed by atoms with Gasteiger partial charge in [-0.3, -0.25) is 0 Å². The second kappa shape index (κ2) is 5.94. The largest absolute Gasteiger partial charge is 0.216 e. The van der Waals surface area contributed by atoms with Crippen LogP contribution in [-0.4, -0.2) is 6.04 Å². The minimum Gasteiger partial charge on any atom is -0.112 e. The summed E-state index contributed by atoms with van der Waals surface area (Å²) in [5, 5.41) is 0. The zero-order chi connectivity index (χ0) is 8.81. The Balaban J connectivity index is 2.25. The molecule has 0 aliphatic carbocycles. The van der Waals surface area contributed by atoms with Gasteiger partial charge < -0.3 is 0 Å². The van der Waals surface area contributed by atoms with Gasteiger partial charge in [0.2, 0.25) is 6.04 Å². The fraction of sp³-hybridized carbons (Fsp3) is 0.333. The maximum atomic E-state index is 3.57. The first-order valence-electron chi connectivity index (χ1n) is 4.00. The first-order chi connectivity index (χ1) is 5.79. The molecule has 0 saturated carbocycles. The van der Waals surface area contributed by atoms with E-state index in [1.165, 1.54) is 24.4 Å². The van der Waals surface area contributed by atoms with E-state index >= 15 is 0 Å². The number of aryl methyl sites for hydroxylation is 1. The topological polar surface area (TPSA) is 0 Å². The first-order valence-corrected chi connectivity index (χ1v) is 10.2. The Morgan fingerprint density at radius 3 is 2.33 bits per heavy atom. The molecule has 12 heavy (non-hydrogen) atoms. The molecule has 0 aromatic heterocycles. The Bertz CT molecular complexity index is 211. The van der Waals surface area contributed by atoms with Gasteiger partial charge in [0.05, 0.1) is 0 Å². The monoisotopic (exact) mass is 305 g/mol. The van der Waals surface area contributed by atoms with Crippen molar-refractivity contribution < 1.29 is 0 Å². The lowest BCUT2D eigenvalue weighted by Gasteiger charge is -2.00. The van der Waals surface area contributed by atoms with E-state index in [1.54, 1.807) is 0 Å². The summed E-state index contributed by atoms with van der Waals surface area (Å²) in [4.78, 5) is 0. The highest BCUT2D eigenvalue weighted by molar-refractivity contribution is 9.49. The summed E-state index contributed by atoms with van der Waals surface area (Å²) in [6, 6.07) is 11.5.